The van der Waals surface area contributed by atoms with Crippen LogP contribution in [0.3, 0.4) is 0 Å². The first-order valence-electron chi connectivity index (χ1n) is 11.1. The third-order valence-electron chi connectivity index (χ3n) is 6.10. The first-order chi connectivity index (χ1) is 16.7. The molecule has 7 heteroatoms. The topological polar surface area (TPSA) is 74.1 Å². The second kappa shape index (κ2) is 9.49. The highest BCUT2D eigenvalue weighted by molar-refractivity contribution is 7.80. The van der Waals surface area contributed by atoms with E-state index in [2.05, 4.69) is 69.4 Å². The minimum Gasteiger partial charge on any atom is -0.493 e. The maximum atomic E-state index is 5.64. The maximum Gasteiger partial charge on any atom is 0.170 e. The molecule has 0 aliphatic rings. The quantitative estimate of drug-likeness (QED) is 0.227. The van der Waals surface area contributed by atoms with Gasteiger partial charge in [0.25, 0.3) is 0 Å². The average Bonchev–Trinajstić information content (AvgIpc) is 3.49. The fourth-order valence-electron chi connectivity index (χ4n) is 4.44. The van der Waals surface area contributed by atoms with Crippen LogP contribution in [0.4, 0.5) is 5.69 Å². The van der Waals surface area contributed by atoms with Crippen molar-refractivity contribution in [1.29, 1.82) is 0 Å². The van der Waals surface area contributed by atoms with Crippen LogP contribution in [0, 0.1) is 0 Å². The molecule has 0 aliphatic carbocycles. The zero-order valence-corrected chi connectivity index (χ0v) is 19.8. The molecular weight excluding hydrogens is 444 g/mol. The number of rotatable bonds is 7. The number of H-pyrrole nitrogens is 2. The standard InChI is InChI=1S/C27H26N4O2S/c1-32-25-12-11-17(13-26(25)33-2)31-27(34)30-16-22(20-14-28-23-9-5-3-7-18(20)23)21-15-29-24-10-6-4-8-19(21)24/h3-15,22,28-29H,16H2,1-2H3,(H2,30,31,34). The predicted octanol–water partition coefficient (Wildman–Crippen LogP) is 5.78. The summed E-state index contributed by atoms with van der Waals surface area (Å²) in [5.41, 5.74) is 5.51. The van der Waals surface area contributed by atoms with E-state index in [1.807, 2.05) is 30.3 Å². The Balaban J connectivity index is 1.42. The van der Waals surface area contributed by atoms with Gasteiger partial charge in [-0.05, 0) is 47.6 Å². The summed E-state index contributed by atoms with van der Waals surface area (Å²) in [5, 5.41) is 9.63. The summed E-state index contributed by atoms with van der Waals surface area (Å²) in [4.78, 5) is 6.83. The number of hydrogen-bond acceptors (Lipinski definition) is 3. The molecule has 2 aromatic heterocycles. The minimum atomic E-state index is 0.0810. The summed E-state index contributed by atoms with van der Waals surface area (Å²) in [6.07, 6.45) is 4.20. The molecule has 4 N–H and O–H groups in total. The molecule has 0 atom stereocenters. The van der Waals surface area contributed by atoms with Gasteiger partial charge in [0.2, 0.25) is 0 Å². The molecule has 0 aliphatic heterocycles. The highest BCUT2D eigenvalue weighted by Crippen LogP contribution is 2.34. The van der Waals surface area contributed by atoms with Crippen LogP contribution in [-0.4, -0.2) is 35.8 Å². The molecule has 34 heavy (non-hydrogen) atoms. The number of aromatic amines is 2. The van der Waals surface area contributed by atoms with Crippen molar-refractivity contribution in [2.45, 2.75) is 5.92 Å². The number of para-hydroxylation sites is 2. The van der Waals surface area contributed by atoms with Gasteiger partial charge in [0.15, 0.2) is 16.6 Å². The summed E-state index contributed by atoms with van der Waals surface area (Å²) >= 11 is 5.64. The molecule has 3 aromatic carbocycles. The molecule has 0 amide bonds. The van der Waals surface area contributed by atoms with Crippen molar-refractivity contribution in [3.63, 3.8) is 0 Å². The minimum absolute atomic E-state index is 0.0810. The number of nitrogens with one attached hydrogen (secondary N) is 4. The normalized spacial score (nSPS) is 11.1. The van der Waals surface area contributed by atoms with E-state index in [4.69, 9.17) is 21.7 Å². The van der Waals surface area contributed by atoms with Gasteiger partial charge in [-0.3, -0.25) is 0 Å². The number of aromatic nitrogens is 2. The van der Waals surface area contributed by atoms with Crippen molar-refractivity contribution in [3.05, 3.63) is 90.3 Å². The molecule has 172 valence electrons. The number of hydrogen-bond donors (Lipinski definition) is 4. The van der Waals surface area contributed by atoms with Crippen molar-refractivity contribution >= 4 is 44.8 Å². The Morgan fingerprint density at radius 1 is 0.824 bits per heavy atom. The number of methoxy groups -OCH3 is 2. The Kier molecular flexibility index (Phi) is 6.10. The predicted molar refractivity (Wildman–Crippen MR) is 142 cm³/mol. The van der Waals surface area contributed by atoms with Crippen LogP contribution in [0.1, 0.15) is 17.0 Å². The van der Waals surface area contributed by atoms with E-state index >= 15 is 0 Å². The summed E-state index contributed by atoms with van der Waals surface area (Å²) in [5.74, 6) is 1.40. The van der Waals surface area contributed by atoms with Crippen molar-refractivity contribution in [2.24, 2.45) is 0 Å². The van der Waals surface area contributed by atoms with E-state index < -0.39 is 0 Å². The molecular formula is C27H26N4O2S. The molecule has 2 heterocycles. The molecule has 0 spiro atoms. The lowest BCUT2D eigenvalue weighted by molar-refractivity contribution is 0.355. The Bertz CT molecular complexity index is 1380. The average molecular weight is 471 g/mol. The van der Waals surface area contributed by atoms with Gasteiger partial charge < -0.3 is 30.1 Å². The van der Waals surface area contributed by atoms with Crippen molar-refractivity contribution in [3.8, 4) is 11.5 Å². The lowest BCUT2D eigenvalue weighted by Gasteiger charge is -2.19. The van der Waals surface area contributed by atoms with E-state index in [0.717, 1.165) is 16.7 Å². The van der Waals surface area contributed by atoms with Crippen molar-refractivity contribution < 1.29 is 9.47 Å². The second-order valence-corrected chi connectivity index (χ2v) is 8.44. The second-order valence-electron chi connectivity index (χ2n) is 8.04. The Morgan fingerprint density at radius 3 is 2.00 bits per heavy atom. The number of benzene rings is 3. The smallest absolute Gasteiger partial charge is 0.170 e. The molecule has 5 rings (SSSR count). The molecule has 0 unspecified atom stereocenters. The first-order valence-corrected chi connectivity index (χ1v) is 11.5. The van der Waals surface area contributed by atoms with Crippen LogP contribution in [-0.2, 0) is 0 Å². The first kappa shape index (κ1) is 21.9. The van der Waals surface area contributed by atoms with E-state index in [1.54, 1.807) is 14.2 Å². The van der Waals surface area contributed by atoms with Crippen molar-refractivity contribution in [2.75, 3.05) is 26.1 Å². The molecule has 0 radical (unpaired) electrons. The molecule has 5 aromatic rings. The van der Waals surface area contributed by atoms with Crippen LogP contribution >= 0.6 is 12.2 Å². The van der Waals surface area contributed by atoms with E-state index in [-0.39, 0.29) is 5.92 Å². The summed E-state index contributed by atoms with van der Waals surface area (Å²) < 4.78 is 10.7. The van der Waals surface area contributed by atoms with Crippen LogP contribution in [0.25, 0.3) is 21.8 Å². The largest absolute Gasteiger partial charge is 0.493 e. The third kappa shape index (κ3) is 4.18. The van der Waals surface area contributed by atoms with Crippen molar-refractivity contribution in [1.82, 2.24) is 15.3 Å². The highest BCUT2D eigenvalue weighted by Gasteiger charge is 2.21. The summed E-state index contributed by atoms with van der Waals surface area (Å²) in [7, 11) is 3.23. The van der Waals surface area contributed by atoms with Crippen LogP contribution in [0.15, 0.2) is 79.1 Å². The Labute approximate surface area is 203 Å². The molecule has 0 fully saturated rings. The molecule has 6 nitrogen and oxygen atoms in total. The molecule has 0 bridgehead atoms. The maximum absolute atomic E-state index is 5.64. The van der Waals surface area contributed by atoms with Gasteiger partial charge in [0.1, 0.15) is 0 Å². The van der Waals surface area contributed by atoms with Crippen LogP contribution < -0.4 is 20.1 Å². The SMILES string of the molecule is COc1ccc(NC(=S)NCC(c2c[nH]c3ccccc23)c2c[nH]c3ccccc23)cc1OC. The third-order valence-corrected chi connectivity index (χ3v) is 6.35. The fourth-order valence-corrected chi connectivity index (χ4v) is 4.64. The van der Waals surface area contributed by atoms with Gasteiger partial charge in [-0.1, -0.05) is 36.4 Å². The number of fused-ring (bicyclic) bond motifs is 2. The number of thiocarbonyl (C=S) groups is 1. The van der Waals surface area contributed by atoms with E-state index in [9.17, 15) is 0 Å². The van der Waals surface area contributed by atoms with Gasteiger partial charge in [0.05, 0.1) is 14.2 Å². The van der Waals surface area contributed by atoms with Gasteiger partial charge in [-0.15, -0.1) is 0 Å². The van der Waals surface area contributed by atoms with Gasteiger partial charge in [0, 0.05) is 58.4 Å². The van der Waals surface area contributed by atoms with Gasteiger partial charge >= 0.3 is 0 Å². The lowest BCUT2D eigenvalue weighted by Crippen LogP contribution is -2.32. The van der Waals surface area contributed by atoms with E-state index in [0.29, 0.717) is 23.2 Å². The number of ether oxygens (including phenoxy) is 2. The molecule has 0 saturated carbocycles. The highest BCUT2D eigenvalue weighted by atomic mass is 32.1. The van der Waals surface area contributed by atoms with Gasteiger partial charge in [-0.2, -0.15) is 0 Å². The monoisotopic (exact) mass is 470 g/mol. The van der Waals surface area contributed by atoms with Crippen LogP contribution in [0.5, 0.6) is 11.5 Å². The summed E-state index contributed by atoms with van der Waals surface area (Å²) in [6, 6.07) is 22.4. The van der Waals surface area contributed by atoms with Gasteiger partial charge in [-0.25, -0.2) is 0 Å². The fraction of sp³-hybridized carbons (Fsp3) is 0.148. The lowest BCUT2D eigenvalue weighted by atomic mass is 9.90. The van der Waals surface area contributed by atoms with E-state index in [1.165, 1.54) is 21.9 Å². The summed E-state index contributed by atoms with van der Waals surface area (Å²) in [6.45, 7) is 0.628. The Morgan fingerprint density at radius 2 is 1.41 bits per heavy atom. The number of anilines is 1. The molecule has 0 saturated heterocycles. The Hall–Kier alpha value is -3.97. The van der Waals surface area contributed by atoms with Crippen LogP contribution in [0.2, 0.25) is 0 Å². The zero-order chi connectivity index (χ0) is 23.5. The zero-order valence-electron chi connectivity index (χ0n) is 19.0.